The third-order valence-corrected chi connectivity index (χ3v) is 20.6. The summed E-state index contributed by atoms with van der Waals surface area (Å²) in [6.45, 7) is 23.3. The van der Waals surface area contributed by atoms with E-state index in [1.54, 1.807) is 50.6 Å². The van der Waals surface area contributed by atoms with Crippen LogP contribution >= 0.6 is 0 Å². The predicted octanol–water partition coefficient (Wildman–Crippen LogP) is 18.1. The van der Waals surface area contributed by atoms with Crippen molar-refractivity contribution in [1.29, 1.82) is 0 Å². The first-order valence-electron chi connectivity index (χ1n) is 39.3. The Balaban J connectivity index is 0.00000121. The van der Waals surface area contributed by atoms with Gasteiger partial charge in [0.05, 0.1) is 42.2 Å². The van der Waals surface area contributed by atoms with Crippen molar-refractivity contribution in [1.82, 2.24) is 15.5 Å². The molecule has 0 saturated heterocycles. The van der Waals surface area contributed by atoms with Gasteiger partial charge < -0.3 is 77.3 Å². The molecule has 5 aliphatic rings. The van der Waals surface area contributed by atoms with Gasteiger partial charge in [-0.15, -0.1) is 0 Å². The van der Waals surface area contributed by atoms with Crippen LogP contribution in [0.3, 0.4) is 0 Å². The Morgan fingerprint density at radius 2 is 0.520 bits per heavy atom. The molecular weight excluding hydrogens is 1270 g/mol. The van der Waals surface area contributed by atoms with Gasteiger partial charge in [0.2, 0.25) is 0 Å². The molecule has 5 atom stereocenters. The molecule has 0 radical (unpaired) electrons. The van der Waals surface area contributed by atoms with Gasteiger partial charge in [-0.3, -0.25) is 0 Å². The number of ether oxygens (including phenoxy) is 2. The van der Waals surface area contributed by atoms with Crippen LogP contribution in [0.1, 0.15) is 295 Å². The molecule has 10 rings (SSSR count). The molecule has 5 saturated carbocycles. The molecule has 0 heterocycles. The van der Waals surface area contributed by atoms with E-state index in [4.69, 9.17) is 20.9 Å². The average molecular weight is 1430 g/mol. The third-order valence-electron chi connectivity index (χ3n) is 20.6. The lowest BCUT2D eigenvalue weighted by Crippen LogP contribution is -2.42. The summed E-state index contributed by atoms with van der Waals surface area (Å²) < 4.78 is 10.4. The molecule has 15 heteroatoms. The maximum Gasteiger partial charge on any atom is 0.118 e. The molecule has 0 bridgehead atoms. The number of hydrogen-bond acceptors (Lipinski definition) is 15. The first-order chi connectivity index (χ1) is 48.7. The first kappa shape index (κ1) is 96.7. The fourth-order valence-corrected chi connectivity index (χ4v) is 15.3. The standard InChI is InChI=1S/2C16H25NO2.2C15H23NO2.C14H21NO2.5C2H6.CH4/c1-17-12-15(16(18)10-4-3-5-11-16)13-6-8-14(19-2)9-7-13;1-17(2)12-15(13-6-8-14(18)9-7-13)16(19)10-4-3-5-11-16;1-18-13-7-5-12(6-8-13)14(11-16)15(17)9-3-2-4-10-15;1-16-11-14(12-5-7-13(17)8-6-12)15(18)9-3-2-4-10-15;15-10-13(11-4-6-12(16)7-5-11)14(17)8-2-1-3-9-14;5*1-2;/h6-9,15,17-18H,3-5,10-12H2,1-2H3;6-9,15,18-19H,3-5,10-12H2,1-2H3;5-8,14,17H,2-4,9-11,16H2,1H3;5-8,14,16-18H,2-4,9-11H2,1H3;4-7,13,16-17H,1-3,8-10,15H2;5*1-2H3;1H4/t2*15-;2*14-;13-;;;;;;/m11111....../s1. The molecule has 0 aliphatic heterocycles. The zero-order chi connectivity index (χ0) is 75.9. The van der Waals surface area contributed by atoms with Gasteiger partial charge in [0.15, 0.2) is 0 Å². The van der Waals surface area contributed by atoms with E-state index < -0.39 is 28.0 Å². The predicted molar refractivity (Wildman–Crippen MR) is 432 cm³/mol. The SMILES string of the molecule is C.CC.CC.CC.CC.CC.CN(C)C[C@H](c1ccc(O)cc1)C1(O)CCCCC1.CNC[C@H](c1ccc(O)cc1)C1(O)CCCCC1.CNC[C@H](c1ccc(OC)cc1)C1(O)CCCCC1.COc1ccc([C@@H](CN)C2(O)CCCCC2)cc1.NC[C@H](c1ccc(O)cc1)C1(O)CCCCC1. The van der Waals surface area contributed by atoms with Crippen molar-refractivity contribution in [3.63, 3.8) is 0 Å². The van der Waals surface area contributed by atoms with Gasteiger partial charge in [-0.1, -0.05) is 234 Å². The minimum atomic E-state index is -0.663. The molecule has 5 aliphatic carbocycles. The molecule has 5 aromatic carbocycles. The number of phenols is 3. The van der Waals surface area contributed by atoms with Crippen molar-refractivity contribution in [2.75, 3.05) is 75.1 Å². The highest BCUT2D eigenvalue weighted by molar-refractivity contribution is 5.35. The maximum absolute atomic E-state index is 11.0. The van der Waals surface area contributed by atoms with Crippen LogP contribution in [-0.4, -0.2) is 149 Å². The molecule has 15 nitrogen and oxygen atoms in total. The number of nitrogens with two attached hydrogens (primary N) is 2. The fraction of sp³-hybridized carbons (Fsp3) is 0.655. The second-order valence-corrected chi connectivity index (χ2v) is 27.3. The van der Waals surface area contributed by atoms with E-state index in [1.165, 1.54) is 37.7 Å². The molecule has 584 valence electrons. The quantitative estimate of drug-likeness (QED) is 0.0346. The minimum absolute atomic E-state index is 0. The average Bonchev–Trinajstić information content (AvgIpc) is 0.854. The molecule has 0 spiro atoms. The van der Waals surface area contributed by atoms with Crippen LogP contribution < -0.4 is 31.6 Å². The molecule has 102 heavy (non-hydrogen) atoms. The van der Waals surface area contributed by atoms with Gasteiger partial charge in [-0.2, -0.15) is 0 Å². The summed E-state index contributed by atoms with van der Waals surface area (Å²) in [6.07, 6.45) is 25.9. The lowest BCUT2D eigenvalue weighted by molar-refractivity contribution is -0.0278. The summed E-state index contributed by atoms with van der Waals surface area (Å²) in [6, 6.07) is 37.6. The zero-order valence-electron chi connectivity index (χ0n) is 66.1. The second kappa shape index (κ2) is 53.5. The number of likely N-dealkylation sites (N-methyl/N-ethyl adjacent to an activating group) is 3. The van der Waals surface area contributed by atoms with Crippen molar-refractivity contribution in [3.8, 4) is 28.7 Å². The molecular formula is C87H151N5O10. The van der Waals surface area contributed by atoms with Crippen molar-refractivity contribution in [2.45, 2.75) is 295 Å². The van der Waals surface area contributed by atoms with Gasteiger partial charge in [0.1, 0.15) is 28.7 Å². The zero-order valence-corrected chi connectivity index (χ0v) is 66.1. The van der Waals surface area contributed by atoms with Gasteiger partial charge in [0.25, 0.3) is 0 Å². The van der Waals surface area contributed by atoms with E-state index in [-0.39, 0.29) is 54.3 Å². The topological polar surface area (TPSA) is 260 Å². The number of rotatable bonds is 20. The van der Waals surface area contributed by atoms with Crippen LogP contribution in [0.5, 0.6) is 28.7 Å². The molecule has 0 unspecified atom stereocenters. The molecule has 14 N–H and O–H groups in total. The van der Waals surface area contributed by atoms with Gasteiger partial charge in [0, 0.05) is 62.3 Å². The largest absolute Gasteiger partial charge is 0.508 e. The van der Waals surface area contributed by atoms with Crippen LogP contribution in [0.2, 0.25) is 0 Å². The van der Waals surface area contributed by atoms with Crippen molar-refractivity contribution >= 4 is 0 Å². The van der Waals surface area contributed by atoms with E-state index in [0.717, 1.165) is 182 Å². The monoisotopic (exact) mass is 1430 g/mol. The Bertz CT molecular complexity index is 2760. The van der Waals surface area contributed by atoms with E-state index >= 15 is 0 Å². The van der Waals surface area contributed by atoms with Gasteiger partial charge in [-0.25, -0.2) is 0 Å². The normalized spacial score (nSPS) is 18.5. The lowest BCUT2D eigenvalue weighted by Gasteiger charge is -2.40. The fourth-order valence-electron chi connectivity index (χ4n) is 15.3. The second-order valence-electron chi connectivity index (χ2n) is 27.3. The number of methoxy groups -OCH3 is 2. The summed E-state index contributed by atoms with van der Waals surface area (Å²) in [4.78, 5) is 2.13. The van der Waals surface area contributed by atoms with Crippen LogP contribution in [0.4, 0.5) is 0 Å². The smallest absolute Gasteiger partial charge is 0.118 e. The number of nitrogens with one attached hydrogen (secondary N) is 2. The summed E-state index contributed by atoms with van der Waals surface area (Å²) in [5.41, 5.74) is 14.2. The highest BCUT2D eigenvalue weighted by Crippen LogP contribution is 2.45. The van der Waals surface area contributed by atoms with Crippen LogP contribution in [0, 0.1) is 0 Å². The molecule has 0 aromatic heterocycles. The van der Waals surface area contributed by atoms with Gasteiger partial charge in [-0.05, 0) is 181 Å². The first-order valence-corrected chi connectivity index (χ1v) is 39.3. The third kappa shape index (κ3) is 31.4. The lowest BCUT2D eigenvalue weighted by atomic mass is 9.72. The summed E-state index contributed by atoms with van der Waals surface area (Å²) in [7, 11) is 11.3. The van der Waals surface area contributed by atoms with E-state index in [2.05, 4.69) is 27.7 Å². The van der Waals surface area contributed by atoms with Crippen molar-refractivity contribution < 1.29 is 50.3 Å². The number of aromatic hydroxyl groups is 3. The van der Waals surface area contributed by atoms with E-state index in [0.29, 0.717) is 13.1 Å². The maximum atomic E-state index is 11.0. The molecule has 5 fully saturated rings. The van der Waals surface area contributed by atoms with Crippen LogP contribution in [0.25, 0.3) is 0 Å². The number of aliphatic hydroxyl groups is 5. The Kier molecular flexibility index (Phi) is 50.7. The number of phenolic OH excluding ortho intramolecular Hbond substituents is 3. The van der Waals surface area contributed by atoms with Gasteiger partial charge >= 0.3 is 0 Å². The Morgan fingerprint density at radius 3 is 0.716 bits per heavy atom. The highest BCUT2D eigenvalue weighted by atomic mass is 16.5. The number of benzene rings is 5. The van der Waals surface area contributed by atoms with Crippen molar-refractivity contribution in [2.24, 2.45) is 11.5 Å². The summed E-state index contributed by atoms with van der Waals surface area (Å²) in [5, 5.41) is 88.9. The summed E-state index contributed by atoms with van der Waals surface area (Å²) >= 11 is 0. The Hall–Kier alpha value is -5.30. The van der Waals surface area contributed by atoms with E-state index in [9.17, 15) is 40.9 Å². The minimum Gasteiger partial charge on any atom is -0.508 e. The van der Waals surface area contributed by atoms with Crippen LogP contribution in [-0.2, 0) is 0 Å². The Morgan fingerprint density at radius 1 is 0.333 bits per heavy atom. The number of hydrogen-bond donors (Lipinski definition) is 12. The summed E-state index contributed by atoms with van der Waals surface area (Å²) in [5.74, 6) is 2.89. The number of nitrogens with zero attached hydrogens (tertiary/aromatic N) is 1. The van der Waals surface area contributed by atoms with Crippen molar-refractivity contribution in [3.05, 3.63) is 149 Å². The molecule has 5 aromatic rings. The van der Waals surface area contributed by atoms with E-state index in [1.807, 2.05) is 170 Å². The van der Waals surface area contributed by atoms with Crippen LogP contribution in [0.15, 0.2) is 121 Å². The Labute approximate surface area is 622 Å². The highest BCUT2D eigenvalue weighted by Gasteiger charge is 2.42. The molecule has 0 amide bonds.